The molecule has 14 nitrogen and oxygen atoms in total. The number of aromatic hydroxyl groups is 1. The van der Waals surface area contributed by atoms with Crippen LogP contribution < -0.4 is 10.6 Å². The largest absolute Gasteiger partial charge is 0.508 e. The lowest BCUT2D eigenvalue weighted by Crippen LogP contribution is -2.58. The number of hydrogen-bond donors (Lipinski definition) is 5. The second-order valence-corrected chi connectivity index (χ2v) is 16.5. The minimum Gasteiger partial charge on any atom is -0.508 e. The van der Waals surface area contributed by atoms with Gasteiger partial charge >= 0.3 is 11.9 Å². The zero-order valence-corrected chi connectivity index (χ0v) is 34.8. The van der Waals surface area contributed by atoms with Gasteiger partial charge in [0.15, 0.2) is 6.73 Å². The van der Waals surface area contributed by atoms with E-state index in [2.05, 4.69) is 15.6 Å². The fourth-order valence-corrected chi connectivity index (χ4v) is 7.76. The number of aromatic nitrogens is 1. The molecule has 1 aliphatic heterocycles. The summed E-state index contributed by atoms with van der Waals surface area (Å²) in [6, 6.07) is 3.98. The van der Waals surface area contributed by atoms with E-state index in [0.717, 1.165) is 42.7 Å². The summed E-state index contributed by atoms with van der Waals surface area (Å²) >= 11 is 1.08. The van der Waals surface area contributed by atoms with Gasteiger partial charge < -0.3 is 35.6 Å². The van der Waals surface area contributed by atoms with Gasteiger partial charge in [-0.2, -0.15) is 0 Å². The molecule has 0 spiro atoms. The average Bonchev–Trinajstić information content (AvgIpc) is 3.56. The number of benzene rings is 1. The van der Waals surface area contributed by atoms with Crippen molar-refractivity contribution in [3.8, 4) is 5.75 Å². The lowest BCUT2D eigenvalue weighted by atomic mass is 9.92. The average molecular weight is 802 g/mol. The molecule has 1 unspecified atom stereocenters. The Kier molecular flexibility index (Phi) is 18.7. The number of aliphatic carboxylic acids is 1. The van der Waals surface area contributed by atoms with Crippen molar-refractivity contribution >= 4 is 41.0 Å². The molecule has 3 amide bonds. The summed E-state index contributed by atoms with van der Waals surface area (Å²) in [6.07, 6.45) is 4.27. The molecule has 1 aromatic carbocycles. The number of carbonyl (C=O) groups is 5. The molecule has 312 valence electrons. The van der Waals surface area contributed by atoms with Gasteiger partial charge in [0.05, 0.1) is 12.0 Å². The lowest BCUT2D eigenvalue weighted by molar-refractivity contribution is -0.159. The van der Waals surface area contributed by atoms with Crippen LogP contribution in [-0.2, 0) is 30.3 Å². The van der Waals surface area contributed by atoms with Crippen molar-refractivity contribution in [1.82, 2.24) is 25.4 Å². The van der Waals surface area contributed by atoms with Gasteiger partial charge in [-0.1, -0.05) is 72.9 Å². The van der Waals surface area contributed by atoms with Crippen molar-refractivity contribution in [3.05, 3.63) is 45.9 Å². The van der Waals surface area contributed by atoms with Crippen LogP contribution in [0.25, 0.3) is 0 Å². The maximum atomic E-state index is 14.6. The van der Waals surface area contributed by atoms with Crippen LogP contribution in [0, 0.1) is 17.8 Å². The first-order chi connectivity index (χ1) is 26.6. The Labute approximate surface area is 335 Å². The fraction of sp³-hybridized carbons (Fsp3) is 0.659. The van der Waals surface area contributed by atoms with Crippen LogP contribution in [0.2, 0.25) is 0 Å². The van der Waals surface area contributed by atoms with Crippen molar-refractivity contribution in [2.75, 3.05) is 20.3 Å². The van der Waals surface area contributed by atoms with E-state index >= 15 is 0 Å². The minimum absolute atomic E-state index is 0.00937. The molecule has 1 saturated heterocycles. The third kappa shape index (κ3) is 13.8. The highest BCUT2D eigenvalue weighted by Crippen LogP contribution is 2.29. The molecule has 15 heteroatoms. The Bertz CT molecular complexity index is 1590. The van der Waals surface area contributed by atoms with Gasteiger partial charge in [0.1, 0.15) is 28.6 Å². The lowest BCUT2D eigenvalue weighted by Gasteiger charge is -2.39. The number of carboxylic acids is 1. The number of likely N-dealkylation sites (N-methyl/N-ethyl adjacent to an activating group) is 1. The van der Waals surface area contributed by atoms with Crippen LogP contribution in [0.3, 0.4) is 0 Å². The number of aliphatic hydroxyl groups excluding tert-OH is 1. The maximum Gasteiger partial charge on any atom is 0.307 e. The van der Waals surface area contributed by atoms with Crippen LogP contribution in [0.15, 0.2) is 29.6 Å². The SMILES string of the molecule is CCCC(=O)OCN(C(=O)[C@@H](NC(=O)[C@H]1CCCCCN1C)C(C)CC)[C@H](C[C@@H](O)c1nc(C(=O)N[C@@H](Cc2ccc(O)cc2)C[C@H](C)C(=O)O)cs1)C(C)C. The van der Waals surface area contributed by atoms with E-state index < -0.39 is 53.9 Å². The highest BCUT2D eigenvalue weighted by molar-refractivity contribution is 7.09. The number of esters is 1. The molecule has 1 aliphatic rings. The van der Waals surface area contributed by atoms with Gasteiger partial charge in [0.25, 0.3) is 5.91 Å². The highest BCUT2D eigenvalue weighted by atomic mass is 32.1. The predicted molar refractivity (Wildman–Crippen MR) is 214 cm³/mol. The van der Waals surface area contributed by atoms with Gasteiger partial charge in [0.2, 0.25) is 11.8 Å². The zero-order chi connectivity index (χ0) is 41.5. The van der Waals surface area contributed by atoms with Crippen LogP contribution in [0.4, 0.5) is 0 Å². The second-order valence-electron chi connectivity index (χ2n) is 15.6. The Balaban J connectivity index is 1.85. The van der Waals surface area contributed by atoms with E-state index in [1.165, 1.54) is 22.4 Å². The molecule has 3 rings (SSSR count). The van der Waals surface area contributed by atoms with E-state index in [0.29, 0.717) is 25.7 Å². The minimum atomic E-state index is -1.20. The summed E-state index contributed by atoms with van der Waals surface area (Å²) in [4.78, 5) is 74.0. The van der Waals surface area contributed by atoms with Gasteiger partial charge in [0, 0.05) is 30.3 Å². The molecule has 0 radical (unpaired) electrons. The number of likely N-dealkylation sites (tertiary alicyclic amines) is 1. The van der Waals surface area contributed by atoms with Gasteiger partial charge in [-0.3, -0.25) is 28.9 Å². The number of aliphatic hydroxyl groups is 1. The number of hydrogen-bond acceptors (Lipinski definition) is 11. The van der Waals surface area contributed by atoms with Crippen molar-refractivity contribution in [1.29, 1.82) is 0 Å². The number of rotatable bonds is 21. The third-order valence-corrected chi connectivity index (χ3v) is 11.6. The van der Waals surface area contributed by atoms with Crippen LogP contribution in [0.1, 0.15) is 126 Å². The predicted octanol–water partition coefficient (Wildman–Crippen LogP) is 5.28. The first kappa shape index (κ1) is 46.3. The Morgan fingerprint density at radius 3 is 2.34 bits per heavy atom. The number of nitrogens with zero attached hydrogens (tertiary/aromatic N) is 3. The molecule has 56 heavy (non-hydrogen) atoms. The van der Waals surface area contributed by atoms with E-state index in [4.69, 9.17) is 4.74 Å². The van der Waals surface area contributed by atoms with Crippen LogP contribution in [-0.4, -0.2) is 104 Å². The molecule has 5 N–H and O–H groups in total. The summed E-state index contributed by atoms with van der Waals surface area (Å²) in [7, 11) is 1.93. The standard InChI is InChI=1S/C41H63N5O9S/c1-8-13-35(49)55-24-46(40(52)36(26(5)9-2)44-38(51)32-14-11-10-12-19-45(32)7)33(25(3)4)22-34(48)39-43-31(23-56-39)37(50)42-29(20-27(6)41(53)54)21-28-15-17-30(47)18-16-28/h15-18,23,25-27,29,32-34,36,47-48H,8-14,19-22,24H2,1-7H3,(H,42,50)(H,44,51)(H,53,54)/t26?,27-,29+,32+,33+,34+,36-/m0/s1. The quantitative estimate of drug-likeness (QED) is 0.0813. The molecule has 0 aliphatic carbocycles. The van der Waals surface area contributed by atoms with Crippen LogP contribution >= 0.6 is 11.3 Å². The van der Waals surface area contributed by atoms with E-state index in [9.17, 15) is 39.3 Å². The number of carbonyl (C=O) groups excluding carboxylic acids is 4. The van der Waals surface area contributed by atoms with Gasteiger partial charge in [-0.05, 0) is 75.2 Å². The van der Waals surface area contributed by atoms with Gasteiger partial charge in [-0.25, -0.2) is 4.98 Å². The van der Waals surface area contributed by atoms with E-state index in [-0.39, 0.29) is 66.2 Å². The Morgan fingerprint density at radius 2 is 1.71 bits per heavy atom. The molecule has 7 atom stereocenters. The summed E-state index contributed by atoms with van der Waals surface area (Å²) in [6.45, 7) is 11.5. The molecular formula is C41H63N5O9S. The van der Waals surface area contributed by atoms with Crippen molar-refractivity contribution in [2.45, 2.75) is 136 Å². The smallest absolute Gasteiger partial charge is 0.307 e. The molecular weight excluding hydrogens is 739 g/mol. The summed E-state index contributed by atoms with van der Waals surface area (Å²) in [5.74, 6) is -3.73. The molecule has 0 saturated carbocycles. The first-order valence-corrected chi connectivity index (χ1v) is 20.9. The number of phenols is 1. The summed E-state index contributed by atoms with van der Waals surface area (Å²) in [5.41, 5.74) is 0.847. The summed E-state index contributed by atoms with van der Waals surface area (Å²) < 4.78 is 5.61. The Hall–Kier alpha value is -4.08. The molecule has 2 heterocycles. The molecule has 0 bridgehead atoms. The first-order valence-electron chi connectivity index (χ1n) is 20.0. The number of carboxylic acid groups (broad SMARTS) is 1. The maximum absolute atomic E-state index is 14.6. The molecule has 2 aromatic rings. The van der Waals surface area contributed by atoms with E-state index in [1.54, 1.807) is 19.1 Å². The monoisotopic (exact) mass is 801 g/mol. The van der Waals surface area contributed by atoms with Crippen molar-refractivity contribution < 1.29 is 44.0 Å². The highest BCUT2D eigenvalue weighted by Gasteiger charge is 2.38. The number of nitrogens with one attached hydrogen (secondary N) is 2. The zero-order valence-electron chi connectivity index (χ0n) is 34.0. The Morgan fingerprint density at radius 1 is 1.02 bits per heavy atom. The number of thiazole rings is 1. The van der Waals surface area contributed by atoms with Crippen LogP contribution in [0.5, 0.6) is 5.75 Å². The number of ether oxygens (including phenoxy) is 1. The summed E-state index contributed by atoms with van der Waals surface area (Å²) in [5, 5.41) is 38.5. The van der Waals surface area contributed by atoms with Crippen molar-refractivity contribution in [2.24, 2.45) is 17.8 Å². The van der Waals surface area contributed by atoms with Crippen molar-refractivity contribution in [3.63, 3.8) is 0 Å². The number of amides is 3. The topological polar surface area (TPSA) is 199 Å². The molecule has 1 fully saturated rings. The van der Waals surface area contributed by atoms with E-state index in [1.807, 2.05) is 46.6 Å². The second kappa shape index (κ2) is 22.6. The molecule has 1 aromatic heterocycles. The third-order valence-electron chi connectivity index (χ3n) is 10.7. The fourth-order valence-electron chi connectivity index (χ4n) is 6.97. The number of phenolic OH excluding ortho intramolecular Hbond substituents is 1. The normalized spacial score (nSPS) is 18.1. The van der Waals surface area contributed by atoms with Gasteiger partial charge in [-0.15, -0.1) is 11.3 Å².